The second kappa shape index (κ2) is 5.07. The van der Waals surface area contributed by atoms with E-state index >= 15 is 0 Å². The average molecular weight is 220 g/mol. The van der Waals surface area contributed by atoms with E-state index in [-0.39, 0.29) is 0 Å². The molecule has 0 saturated heterocycles. The van der Waals surface area contributed by atoms with Gasteiger partial charge in [0.1, 0.15) is 0 Å². The van der Waals surface area contributed by atoms with Crippen molar-refractivity contribution in [3.8, 4) is 0 Å². The average Bonchev–Trinajstić information content (AvgIpc) is 2.67. The summed E-state index contributed by atoms with van der Waals surface area (Å²) in [4.78, 5) is 1.44. The molecule has 1 aliphatic carbocycles. The van der Waals surface area contributed by atoms with E-state index in [9.17, 15) is 0 Å². The third kappa shape index (κ3) is 2.78. The molecule has 0 aromatic heterocycles. The second-order valence-electron chi connectivity index (χ2n) is 4.81. The van der Waals surface area contributed by atoms with Gasteiger partial charge in [0, 0.05) is 10.1 Å². The Kier molecular flexibility index (Phi) is 3.74. The van der Waals surface area contributed by atoms with Crippen molar-refractivity contribution in [3.63, 3.8) is 0 Å². The Morgan fingerprint density at radius 2 is 1.87 bits per heavy atom. The second-order valence-corrected chi connectivity index (χ2v) is 6.12. The highest BCUT2D eigenvalue weighted by Gasteiger charge is 2.29. The Morgan fingerprint density at radius 1 is 1.13 bits per heavy atom. The molecular weight excluding hydrogens is 200 g/mol. The molecule has 1 aliphatic rings. The molecular formula is C14H20S. The lowest BCUT2D eigenvalue weighted by Crippen LogP contribution is -2.15. The molecule has 0 spiro atoms. The van der Waals surface area contributed by atoms with Crippen LogP contribution in [0.4, 0.5) is 0 Å². The van der Waals surface area contributed by atoms with Crippen LogP contribution in [0.3, 0.4) is 0 Å². The predicted molar refractivity (Wildman–Crippen MR) is 68.3 cm³/mol. The molecule has 0 aliphatic heterocycles. The number of benzene rings is 1. The topological polar surface area (TPSA) is 0 Å². The quantitative estimate of drug-likeness (QED) is 0.717. The van der Waals surface area contributed by atoms with Gasteiger partial charge < -0.3 is 0 Å². The van der Waals surface area contributed by atoms with Crippen molar-refractivity contribution < 1.29 is 0 Å². The largest absolute Gasteiger partial charge is 0.122 e. The first-order valence-electron chi connectivity index (χ1n) is 5.99. The fraction of sp³-hybridized carbons (Fsp3) is 0.571. The van der Waals surface area contributed by atoms with Crippen LogP contribution in [0.1, 0.15) is 33.1 Å². The number of thioether (sulfide) groups is 1. The number of hydrogen-bond acceptors (Lipinski definition) is 1. The minimum atomic E-state index is 0.841. The lowest BCUT2D eigenvalue weighted by atomic mass is 9.94. The molecule has 0 radical (unpaired) electrons. The van der Waals surface area contributed by atoms with Crippen LogP contribution in [0.15, 0.2) is 35.2 Å². The molecule has 2 rings (SSSR count). The highest BCUT2D eigenvalue weighted by atomic mass is 32.2. The number of hydrogen-bond donors (Lipinski definition) is 0. The molecule has 2 atom stereocenters. The lowest BCUT2D eigenvalue weighted by Gasteiger charge is -2.22. The number of rotatable bonds is 3. The zero-order valence-electron chi connectivity index (χ0n) is 9.65. The van der Waals surface area contributed by atoms with Crippen LogP contribution in [0.25, 0.3) is 0 Å². The molecule has 82 valence electrons. The van der Waals surface area contributed by atoms with Crippen LogP contribution in [-0.4, -0.2) is 5.25 Å². The first kappa shape index (κ1) is 11.1. The maximum atomic E-state index is 2.37. The molecule has 0 nitrogen and oxygen atoms in total. The fourth-order valence-electron chi connectivity index (χ4n) is 2.54. The zero-order valence-corrected chi connectivity index (χ0v) is 10.5. The van der Waals surface area contributed by atoms with Crippen molar-refractivity contribution in [2.24, 2.45) is 11.8 Å². The smallest absolute Gasteiger partial charge is 0.0125 e. The van der Waals surface area contributed by atoms with Gasteiger partial charge >= 0.3 is 0 Å². The molecule has 1 aromatic rings. The summed E-state index contributed by atoms with van der Waals surface area (Å²) in [5, 5.41) is 0.854. The molecule has 1 saturated carbocycles. The lowest BCUT2D eigenvalue weighted by molar-refractivity contribution is 0.404. The van der Waals surface area contributed by atoms with E-state index in [4.69, 9.17) is 0 Å². The van der Waals surface area contributed by atoms with Crippen LogP contribution in [0.2, 0.25) is 0 Å². The molecule has 1 fully saturated rings. The Labute approximate surface area is 97.5 Å². The van der Waals surface area contributed by atoms with Crippen molar-refractivity contribution in [1.82, 2.24) is 0 Å². The summed E-state index contributed by atoms with van der Waals surface area (Å²) < 4.78 is 0. The van der Waals surface area contributed by atoms with Crippen LogP contribution >= 0.6 is 11.8 Å². The van der Waals surface area contributed by atoms with E-state index in [0.717, 1.165) is 17.1 Å². The van der Waals surface area contributed by atoms with Gasteiger partial charge in [0.2, 0.25) is 0 Å². The zero-order chi connectivity index (χ0) is 10.7. The Balaban J connectivity index is 2.00. The van der Waals surface area contributed by atoms with Crippen molar-refractivity contribution in [2.75, 3.05) is 0 Å². The predicted octanol–water partition coefficient (Wildman–Crippen LogP) is 4.60. The summed E-state index contributed by atoms with van der Waals surface area (Å²) >= 11 is 2.09. The maximum Gasteiger partial charge on any atom is 0.0125 e. The van der Waals surface area contributed by atoms with Gasteiger partial charge in [-0.2, -0.15) is 0 Å². The molecule has 0 amide bonds. The molecule has 1 aromatic carbocycles. The molecule has 0 heterocycles. The Hall–Kier alpha value is -0.430. The van der Waals surface area contributed by atoms with Crippen molar-refractivity contribution in [2.45, 2.75) is 43.3 Å². The summed E-state index contributed by atoms with van der Waals surface area (Å²) in [5.74, 6) is 1.77. The summed E-state index contributed by atoms with van der Waals surface area (Å²) in [6.07, 6.45) is 4.26. The third-order valence-corrected chi connectivity index (χ3v) is 4.82. The Morgan fingerprint density at radius 3 is 2.53 bits per heavy atom. The Bertz CT molecular complexity index is 291. The van der Waals surface area contributed by atoms with Gasteiger partial charge in [-0.3, -0.25) is 0 Å². The normalized spacial score (nSPS) is 26.1. The van der Waals surface area contributed by atoms with E-state index in [0.29, 0.717) is 0 Å². The van der Waals surface area contributed by atoms with E-state index in [1.807, 2.05) is 0 Å². The van der Waals surface area contributed by atoms with Crippen molar-refractivity contribution in [1.29, 1.82) is 0 Å². The van der Waals surface area contributed by atoms with Gasteiger partial charge in [-0.15, -0.1) is 11.8 Å². The highest BCUT2D eigenvalue weighted by molar-refractivity contribution is 8.00. The highest BCUT2D eigenvalue weighted by Crippen LogP contribution is 2.42. The minimum Gasteiger partial charge on any atom is -0.122 e. The summed E-state index contributed by atoms with van der Waals surface area (Å²) in [5.41, 5.74) is 0. The van der Waals surface area contributed by atoms with Gasteiger partial charge in [0.25, 0.3) is 0 Å². The van der Waals surface area contributed by atoms with Gasteiger partial charge in [0.05, 0.1) is 0 Å². The van der Waals surface area contributed by atoms with Crippen molar-refractivity contribution >= 4 is 11.8 Å². The third-order valence-electron chi connectivity index (χ3n) is 3.39. The minimum absolute atomic E-state index is 0.841. The van der Waals surface area contributed by atoms with Crippen molar-refractivity contribution in [3.05, 3.63) is 30.3 Å². The van der Waals surface area contributed by atoms with E-state index in [1.54, 1.807) is 0 Å². The van der Waals surface area contributed by atoms with E-state index in [2.05, 4.69) is 55.9 Å². The van der Waals surface area contributed by atoms with Crippen LogP contribution in [0, 0.1) is 11.8 Å². The van der Waals surface area contributed by atoms with Crippen LogP contribution in [0.5, 0.6) is 0 Å². The van der Waals surface area contributed by atoms with Crippen LogP contribution in [-0.2, 0) is 0 Å². The summed E-state index contributed by atoms with van der Waals surface area (Å²) in [7, 11) is 0. The standard InChI is InChI=1S/C14H20S/c1-11(2)13-9-6-10-14(13)15-12-7-4-3-5-8-12/h3-5,7-8,11,13-14H,6,9-10H2,1-2H3/t13-,14+/m1/s1. The van der Waals surface area contributed by atoms with Gasteiger partial charge in [-0.05, 0) is 36.8 Å². The molecule has 0 N–H and O–H groups in total. The molecule has 0 unspecified atom stereocenters. The van der Waals surface area contributed by atoms with Gasteiger partial charge in [-0.25, -0.2) is 0 Å². The SMILES string of the molecule is CC(C)[C@H]1CCC[C@@H]1Sc1ccccc1. The maximum absolute atomic E-state index is 2.37. The van der Waals surface area contributed by atoms with Gasteiger partial charge in [0.15, 0.2) is 0 Å². The molecule has 1 heteroatoms. The van der Waals surface area contributed by atoms with Crippen LogP contribution < -0.4 is 0 Å². The first-order chi connectivity index (χ1) is 7.27. The molecule has 0 bridgehead atoms. The fourth-order valence-corrected chi connectivity index (χ4v) is 4.11. The monoisotopic (exact) mass is 220 g/mol. The van der Waals surface area contributed by atoms with E-state index in [1.165, 1.54) is 24.2 Å². The van der Waals surface area contributed by atoms with Gasteiger partial charge in [-0.1, -0.05) is 38.5 Å². The van der Waals surface area contributed by atoms with E-state index < -0.39 is 0 Å². The summed E-state index contributed by atoms with van der Waals surface area (Å²) in [6.45, 7) is 4.74. The molecule has 15 heavy (non-hydrogen) atoms. The summed E-state index contributed by atoms with van der Waals surface area (Å²) in [6, 6.07) is 10.8. The first-order valence-corrected chi connectivity index (χ1v) is 6.87.